The van der Waals surface area contributed by atoms with Crippen LogP contribution in [0.25, 0.3) is 0 Å². The Morgan fingerprint density at radius 2 is 2.28 bits per heavy atom. The van der Waals surface area contributed by atoms with E-state index >= 15 is 0 Å². The van der Waals surface area contributed by atoms with Gasteiger partial charge in [-0.3, -0.25) is 10.1 Å². The van der Waals surface area contributed by atoms with Crippen molar-refractivity contribution in [3.8, 4) is 0 Å². The number of nitro benzene ring substituents is 1. The fourth-order valence-electron chi connectivity index (χ4n) is 3.03. The summed E-state index contributed by atoms with van der Waals surface area (Å²) >= 11 is 7.55. The van der Waals surface area contributed by atoms with Crippen LogP contribution in [0.1, 0.15) is 24.9 Å². The maximum atomic E-state index is 12.4. The molecule has 1 saturated heterocycles. The summed E-state index contributed by atoms with van der Waals surface area (Å²) in [4.78, 5) is 29.6. The van der Waals surface area contributed by atoms with E-state index in [1.807, 2.05) is 4.90 Å². The Morgan fingerprint density at radius 3 is 2.96 bits per heavy atom. The molecule has 1 fully saturated rings. The van der Waals surface area contributed by atoms with E-state index < -0.39 is 16.9 Å². The highest BCUT2D eigenvalue weighted by atomic mass is 35.5. The number of ether oxygens (including phenoxy) is 1. The molecule has 7 nitrogen and oxygen atoms in total. The summed E-state index contributed by atoms with van der Waals surface area (Å²) in [6.07, 6.45) is 0.934. The summed E-state index contributed by atoms with van der Waals surface area (Å²) in [5.74, 6) is 0.461. The van der Waals surface area contributed by atoms with E-state index in [1.165, 1.54) is 19.2 Å². The fourth-order valence-corrected chi connectivity index (χ4v) is 4.23. The van der Waals surface area contributed by atoms with E-state index in [2.05, 4.69) is 4.99 Å². The standard InChI is InChI=1S/C16H16ClN3O4S/c1-9-13(15(21)24-2)14(19-6-3-7-25-16(19)18-9)10-4-5-11(17)12(8-10)20(22)23/h4-5,8,14H,3,6-7H2,1-2H3. The fraction of sp³-hybridized carbons (Fsp3) is 0.375. The molecule has 0 N–H and O–H groups in total. The van der Waals surface area contributed by atoms with Crippen molar-refractivity contribution in [2.75, 3.05) is 19.4 Å². The number of aliphatic imine (C=N–C) groups is 1. The molecule has 1 atom stereocenters. The molecule has 0 radical (unpaired) electrons. The average Bonchev–Trinajstić information content (AvgIpc) is 2.60. The Morgan fingerprint density at radius 1 is 1.52 bits per heavy atom. The number of hydrogen-bond acceptors (Lipinski definition) is 7. The number of allylic oxidation sites excluding steroid dienone is 1. The van der Waals surface area contributed by atoms with Gasteiger partial charge in [0.15, 0.2) is 5.17 Å². The summed E-state index contributed by atoms with van der Waals surface area (Å²) < 4.78 is 4.93. The molecule has 2 aliphatic rings. The number of hydrogen-bond donors (Lipinski definition) is 0. The lowest BCUT2D eigenvalue weighted by Gasteiger charge is -2.40. The normalized spacial score (nSPS) is 20.0. The summed E-state index contributed by atoms with van der Waals surface area (Å²) in [6.45, 7) is 2.46. The van der Waals surface area contributed by atoms with Gasteiger partial charge in [-0.2, -0.15) is 0 Å². The van der Waals surface area contributed by atoms with Crippen molar-refractivity contribution in [3.63, 3.8) is 0 Å². The van der Waals surface area contributed by atoms with E-state index in [0.29, 0.717) is 23.4 Å². The van der Waals surface area contributed by atoms with Crippen LogP contribution in [0.2, 0.25) is 5.02 Å². The number of thioether (sulfide) groups is 1. The molecular weight excluding hydrogens is 366 g/mol. The number of halogens is 1. The first-order valence-corrected chi connectivity index (χ1v) is 9.01. The molecule has 25 heavy (non-hydrogen) atoms. The Kier molecular flexibility index (Phi) is 5.01. The SMILES string of the molecule is COC(=O)C1=C(C)N=C2SCCCN2C1c1ccc(Cl)c([N+](=O)[O-])c1. The van der Waals surface area contributed by atoms with Gasteiger partial charge in [0, 0.05) is 18.4 Å². The number of rotatable bonds is 3. The molecular formula is C16H16ClN3O4S. The smallest absolute Gasteiger partial charge is 0.338 e. The molecule has 132 valence electrons. The molecule has 1 aromatic rings. The second-order valence-electron chi connectivity index (χ2n) is 5.65. The van der Waals surface area contributed by atoms with Crippen LogP contribution >= 0.6 is 23.4 Å². The van der Waals surface area contributed by atoms with Gasteiger partial charge in [0.2, 0.25) is 0 Å². The van der Waals surface area contributed by atoms with E-state index in [1.54, 1.807) is 24.8 Å². The predicted molar refractivity (Wildman–Crippen MR) is 96.8 cm³/mol. The number of nitro groups is 1. The number of amidine groups is 1. The Bertz CT molecular complexity index is 809. The van der Waals surface area contributed by atoms with Gasteiger partial charge < -0.3 is 9.64 Å². The molecule has 0 aliphatic carbocycles. The number of esters is 1. The number of nitrogens with zero attached hydrogens (tertiary/aromatic N) is 3. The molecule has 0 bridgehead atoms. The van der Waals surface area contributed by atoms with Crippen molar-refractivity contribution in [2.45, 2.75) is 19.4 Å². The van der Waals surface area contributed by atoms with E-state index in [9.17, 15) is 14.9 Å². The Balaban J connectivity index is 2.16. The van der Waals surface area contributed by atoms with Crippen LogP contribution in [0.5, 0.6) is 0 Å². The van der Waals surface area contributed by atoms with E-state index in [0.717, 1.165) is 17.3 Å². The van der Waals surface area contributed by atoms with Gasteiger partial charge in [0.1, 0.15) is 5.02 Å². The van der Waals surface area contributed by atoms with E-state index in [-0.39, 0.29) is 10.7 Å². The maximum absolute atomic E-state index is 12.4. The molecule has 2 heterocycles. The van der Waals surface area contributed by atoms with Crippen LogP contribution in [0.15, 0.2) is 34.5 Å². The lowest BCUT2D eigenvalue weighted by atomic mass is 9.94. The molecule has 0 spiro atoms. The lowest BCUT2D eigenvalue weighted by Crippen LogP contribution is -2.42. The molecule has 1 aromatic carbocycles. The third kappa shape index (κ3) is 3.23. The second-order valence-corrected chi connectivity index (χ2v) is 7.12. The van der Waals surface area contributed by atoms with E-state index in [4.69, 9.17) is 16.3 Å². The van der Waals surface area contributed by atoms with Crippen LogP contribution < -0.4 is 0 Å². The van der Waals surface area contributed by atoms with Crippen molar-refractivity contribution in [1.82, 2.24) is 4.90 Å². The topological polar surface area (TPSA) is 85.0 Å². The number of methoxy groups -OCH3 is 1. The van der Waals surface area contributed by atoms with Gasteiger partial charge >= 0.3 is 5.97 Å². The lowest BCUT2D eigenvalue weighted by molar-refractivity contribution is -0.384. The predicted octanol–water partition coefficient (Wildman–Crippen LogP) is 3.54. The first-order valence-electron chi connectivity index (χ1n) is 7.65. The first-order chi connectivity index (χ1) is 11.9. The minimum atomic E-state index is -0.525. The summed E-state index contributed by atoms with van der Waals surface area (Å²) in [5.41, 5.74) is 1.39. The van der Waals surface area contributed by atoms with Gasteiger partial charge in [-0.05, 0) is 25.0 Å². The maximum Gasteiger partial charge on any atom is 0.338 e. The third-order valence-corrected chi connectivity index (χ3v) is 5.54. The van der Waals surface area contributed by atoms with Crippen LogP contribution in [-0.2, 0) is 9.53 Å². The van der Waals surface area contributed by atoms with Crippen LogP contribution in [-0.4, -0.2) is 40.4 Å². The van der Waals surface area contributed by atoms with Gasteiger partial charge in [-0.1, -0.05) is 29.4 Å². The highest BCUT2D eigenvalue weighted by molar-refractivity contribution is 8.13. The highest BCUT2D eigenvalue weighted by Gasteiger charge is 2.38. The first kappa shape index (κ1) is 17.8. The van der Waals surface area contributed by atoms with Crippen molar-refractivity contribution < 1.29 is 14.5 Å². The molecule has 2 aliphatic heterocycles. The zero-order valence-corrected chi connectivity index (χ0v) is 15.3. The van der Waals surface area contributed by atoms with Gasteiger partial charge in [0.05, 0.1) is 29.3 Å². The van der Waals surface area contributed by atoms with Crippen LogP contribution in [0, 0.1) is 10.1 Å². The quantitative estimate of drug-likeness (QED) is 0.452. The number of fused-ring (bicyclic) bond motifs is 1. The summed E-state index contributed by atoms with van der Waals surface area (Å²) in [6, 6.07) is 4.13. The van der Waals surface area contributed by atoms with Crippen molar-refractivity contribution in [3.05, 3.63) is 50.2 Å². The number of carbonyl (C=O) groups excluding carboxylic acids is 1. The Labute approximate surface area is 153 Å². The summed E-state index contributed by atoms with van der Waals surface area (Å²) in [5, 5.41) is 12.1. The Hall–Kier alpha value is -2.06. The highest BCUT2D eigenvalue weighted by Crippen LogP contribution is 2.41. The largest absolute Gasteiger partial charge is 0.466 e. The monoisotopic (exact) mass is 381 g/mol. The zero-order valence-electron chi connectivity index (χ0n) is 13.7. The molecule has 1 unspecified atom stereocenters. The molecule has 3 rings (SSSR count). The van der Waals surface area contributed by atoms with Crippen LogP contribution in [0.4, 0.5) is 5.69 Å². The van der Waals surface area contributed by atoms with Gasteiger partial charge in [-0.25, -0.2) is 9.79 Å². The molecule has 0 amide bonds. The molecule has 0 aromatic heterocycles. The average molecular weight is 382 g/mol. The molecule has 9 heteroatoms. The number of benzene rings is 1. The third-order valence-electron chi connectivity index (χ3n) is 4.15. The number of carbonyl (C=O) groups is 1. The molecule has 0 saturated carbocycles. The van der Waals surface area contributed by atoms with Crippen molar-refractivity contribution in [2.24, 2.45) is 4.99 Å². The zero-order chi connectivity index (χ0) is 18.1. The minimum Gasteiger partial charge on any atom is -0.466 e. The van der Waals surface area contributed by atoms with Crippen molar-refractivity contribution >= 4 is 40.2 Å². The van der Waals surface area contributed by atoms with Crippen molar-refractivity contribution in [1.29, 1.82) is 0 Å². The van der Waals surface area contributed by atoms with Crippen LogP contribution in [0.3, 0.4) is 0 Å². The van der Waals surface area contributed by atoms with Gasteiger partial charge in [-0.15, -0.1) is 0 Å². The van der Waals surface area contributed by atoms with Gasteiger partial charge in [0.25, 0.3) is 5.69 Å². The minimum absolute atomic E-state index is 0.0618. The second kappa shape index (κ2) is 7.05. The summed E-state index contributed by atoms with van der Waals surface area (Å²) in [7, 11) is 1.31.